The third-order valence-electron chi connectivity index (χ3n) is 3.83. The van der Waals surface area contributed by atoms with E-state index in [-0.39, 0.29) is 5.91 Å². The lowest BCUT2D eigenvalue weighted by molar-refractivity contribution is -0.111. The monoisotopic (exact) mass is 426 g/mol. The van der Waals surface area contributed by atoms with E-state index < -0.39 is 0 Å². The molecule has 0 unspecified atom stereocenters. The van der Waals surface area contributed by atoms with Gasteiger partial charge < -0.3 is 9.47 Å². The van der Waals surface area contributed by atoms with Gasteiger partial charge in [-0.05, 0) is 42.8 Å². The lowest BCUT2D eigenvalue weighted by atomic mass is 10.2. The number of rotatable bonds is 9. The van der Waals surface area contributed by atoms with Gasteiger partial charge in [-0.3, -0.25) is 10.1 Å². The molecule has 0 aliphatic rings. The van der Waals surface area contributed by atoms with Crippen LogP contribution >= 0.6 is 23.1 Å². The van der Waals surface area contributed by atoms with E-state index in [1.54, 1.807) is 24.9 Å². The second-order valence-corrected chi connectivity index (χ2v) is 7.82. The number of ether oxygens (including phenoxy) is 2. The van der Waals surface area contributed by atoms with Crippen molar-refractivity contribution in [2.75, 3.05) is 19.0 Å². The minimum absolute atomic E-state index is 0.227. The molecule has 0 aliphatic heterocycles. The fourth-order valence-corrected chi connectivity index (χ4v) is 4.12. The molecule has 0 bridgehead atoms. The Balaban J connectivity index is 1.55. The topological polar surface area (TPSA) is 60.5 Å². The summed E-state index contributed by atoms with van der Waals surface area (Å²) in [7, 11) is 1.59. The molecule has 0 fully saturated rings. The zero-order valence-corrected chi connectivity index (χ0v) is 17.9. The molecule has 3 aromatic rings. The maximum absolute atomic E-state index is 12.2. The number of methoxy groups -OCH3 is 1. The minimum atomic E-state index is -0.227. The lowest BCUT2D eigenvalue weighted by Crippen LogP contribution is -2.07. The number of hydrogen-bond donors (Lipinski definition) is 1. The van der Waals surface area contributed by atoms with Crippen LogP contribution in [0.25, 0.3) is 6.08 Å². The molecule has 0 saturated heterocycles. The number of benzene rings is 2. The van der Waals surface area contributed by atoms with Crippen molar-refractivity contribution in [3.8, 4) is 11.5 Å². The predicted molar refractivity (Wildman–Crippen MR) is 120 cm³/mol. The highest BCUT2D eigenvalue weighted by atomic mass is 32.2. The molecule has 1 amide bonds. The molecule has 1 heterocycles. The minimum Gasteiger partial charge on any atom is -0.493 e. The van der Waals surface area contributed by atoms with Gasteiger partial charge in [0.05, 0.1) is 19.4 Å². The zero-order chi connectivity index (χ0) is 20.5. The highest BCUT2D eigenvalue weighted by molar-refractivity contribution is 7.98. The molecular formula is C22H22N2O3S2. The summed E-state index contributed by atoms with van der Waals surface area (Å²) in [6.45, 7) is 2.48. The largest absolute Gasteiger partial charge is 0.493 e. The van der Waals surface area contributed by atoms with E-state index in [4.69, 9.17) is 9.47 Å². The van der Waals surface area contributed by atoms with E-state index >= 15 is 0 Å². The Morgan fingerprint density at radius 1 is 1.21 bits per heavy atom. The van der Waals surface area contributed by atoms with Crippen LogP contribution < -0.4 is 14.8 Å². The fourth-order valence-electron chi connectivity index (χ4n) is 2.49. The first-order valence-corrected chi connectivity index (χ1v) is 11.0. The van der Waals surface area contributed by atoms with Crippen molar-refractivity contribution in [3.63, 3.8) is 0 Å². The average molecular weight is 427 g/mol. The van der Waals surface area contributed by atoms with Gasteiger partial charge in [-0.2, -0.15) is 0 Å². The Hall–Kier alpha value is -2.77. The van der Waals surface area contributed by atoms with Crippen molar-refractivity contribution in [3.05, 3.63) is 71.2 Å². The van der Waals surface area contributed by atoms with Crippen LogP contribution in [0.4, 0.5) is 5.13 Å². The molecule has 7 heteroatoms. The Morgan fingerprint density at radius 2 is 2.03 bits per heavy atom. The first-order chi connectivity index (χ1) is 14.2. The summed E-state index contributed by atoms with van der Waals surface area (Å²) in [5.41, 5.74) is 1.79. The first-order valence-electron chi connectivity index (χ1n) is 9.10. The molecule has 0 aliphatic carbocycles. The molecule has 1 aromatic heterocycles. The normalized spacial score (nSPS) is 10.8. The number of aromatic nitrogens is 1. The molecule has 1 N–H and O–H groups in total. The molecule has 29 heavy (non-hydrogen) atoms. The number of thiazole rings is 1. The van der Waals surface area contributed by atoms with Gasteiger partial charge in [0.1, 0.15) is 0 Å². The van der Waals surface area contributed by atoms with Crippen molar-refractivity contribution in [2.45, 2.75) is 17.6 Å². The van der Waals surface area contributed by atoms with Crippen molar-refractivity contribution in [1.29, 1.82) is 0 Å². The molecule has 0 atom stereocenters. The Morgan fingerprint density at radius 3 is 2.79 bits per heavy atom. The molecular weight excluding hydrogens is 404 g/mol. The highest BCUT2D eigenvalue weighted by Crippen LogP contribution is 2.28. The molecule has 3 rings (SSSR count). The summed E-state index contributed by atoms with van der Waals surface area (Å²) in [6, 6.07) is 15.7. The van der Waals surface area contributed by atoms with Crippen LogP contribution in [-0.4, -0.2) is 24.6 Å². The number of nitrogens with one attached hydrogen (secondary N) is 1. The summed E-state index contributed by atoms with van der Waals surface area (Å²) in [6.07, 6.45) is 3.21. The van der Waals surface area contributed by atoms with E-state index in [2.05, 4.69) is 22.4 Å². The van der Waals surface area contributed by atoms with Gasteiger partial charge in [0.25, 0.3) is 0 Å². The second-order valence-electron chi connectivity index (χ2n) is 5.91. The summed E-state index contributed by atoms with van der Waals surface area (Å²) >= 11 is 3.14. The maximum atomic E-state index is 12.2. The lowest BCUT2D eigenvalue weighted by Gasteiger charge is -2.09. The number of anilines is 1. The van der Waals surface area contributed by atoms with E-state index in [1.165, 1.54) is 22.3 Å². The molecule has 2 aromatic carbocycles. The first kappa shape index (κ1) is 21.0. The number of thioether (sulfide) groups is 1. The van der Waals surface area contributed by atoms with E-state index in [1.807, 2.05) is 48.7 Å². The number of hydrogen-bond acceptors (Lipinski definition) is 6. The van der Waals surface area contributed by atoms with Gasteiger partial charge >= 0.3 is 0 Å². The van der Waals surface area contributed by atoms with Crippen LogP contribution in [0.15, 0.2) is 64.9 Å². The van der Waals surface area contributed by atoms with Gasteiger partial charge in [-0.15, -0.1) is 23.1 Å². The Kier molecular flexibility index (Phi) is 7.72. The molecule has 5 nitrogen and oxygen atoms in total. The number of nitrogens with zero attached hydrogens (tertiary/aromatic N) is 1. The van der Waals surface area contributed by atoms with Crippen molar-refractivity contribution in [1.82, 2.24) is 4.98 Å². The SMILES string of the molecule is CCOc1ccc(/C=C/C(=O)Nc2nc(CSc3ccccc3)cs2)cc1OC. The maximum Gasteiger partial charge on any atom is 0.250 e. The predicted octanol–water partition coefficient (Wildman–Crippen LogP) is 5.49. The standard InChI is InChI=1S/C22H22N2O3S2/c1-3-27-19-11-9-16(13-20(19)26-2)10-12-21(25)24-22-23-17(15-29-22)14-28-18-7-5-4-6-8-18/h4-13,15H,3,14H2,1-2H3,(H,23,24,25)/b12-10+. The average Bonchev–Trinajstić information content (AvgIpc) is 3.19. The van der Waals surface area contributed by atoms with Crippen LogP contribution in [0.1, 0.15) is 18.2 Å². The summed E-state index contributed by atoms with van der Waals surface area (Å²) < 4.78 is 10.8. The summed E-state index contributed by atoms with van der Waals surface area (Å²) in [5, 5.41) is 5.36. The summed E-state index contributed by atoms with van der Waals surface area (Å²) in [4.78, 5) is 17.9. The van der Waals surface area contributed by atoms with Gasteiger partial charge in [-0.1, -0.05) is 24.3 Å². The molecule has 0 spiro atoms. The van der Waals surface area contributed by atoms with Gasteiger partial charge in [0.2, 0.25) is 5.91 Å². The smallest absolute Gasteiger partial charge is 0.250 e. The Bertz CT molecular complexity index is 971. The van der Waals surface area contributed by atoms with Crippen molar-refractivity contribution >= 4 is 40.2 Å². The van der Waals surface area contributed by atoms with Crippen LogP contribution in [0.5, 0.6) is 11.5 Å². The van der Waals surface area contributed by atoms with Gasteiger partial charge in [-0.25, -0.2) is 4.98 Å². The zero-order valence-electron chi connectivity index (χ0n) is 16.3. The third-order valence-corrected chi connectivity index (χ3v) is 5.68. The fraction of sp³-hybridized carbons (Fsp3) is 0.182. The van der Waals surface area contributed by atoms with Crippen LogP contribution in [0, 0.1) is 0 Å². The Labute approximate surface area is 178 Å². The van der Waals surface area contributed by atoms with Crippen molar-refractivity contribution in [2.24, 2.45) is 0 Å². The second kappa shape index (κ2) is 10.7. The highest BCUT2D eigenvalue weighted by Gasteiger charge is 2.07. The van der Waals surface area contributed by atoms with Crippen LogP contribution in [0.3, 0.4) is 0 Å². The van der Waals surface area contributed by atoms with Crippen molar-refractivity contribution < 1.29 is 14.3 Å². The molecule has 0 radical (unpaired) electrons. The number of carbonyl (C=O) groups excluding carboxylic acids is 1. The van der Waals surface area contributed by atoms with E-state index in [0.717, 1.165) is 17.0 Å². The van der Waals surface area contributed by atoms with Crippen LogP contribution in [-0.2, 0) is 10.5 Å². The van der Waals surface area contributed by atoms with Gasteiger partial charge in [0.15, 0.2) is 16.6 Å². The quantitative estimate of drug-likeness (QED) is 0.362. The third kappa shape index (κ3) is 6.37. The van der Waals surface area contributed by atoms with Gasteiger partial charge in [0, 0.05) is 22.1 Å². The number of amides is 1. The molecule has 0 saturated carbocycles. The van der Waals surface area contributed by atoms with Crippen LogP contribution in [0.2, 0.25) is 0 Å². The molecule has 150 valence electrons. The summed E-state index contributed by atoms with van der Waals surface area (Å²) in [5.74, 6) is 1.85. The number of carbonyl (C=O) groups is 1. The van der Waals surface area contributed by atoms with E-state index in [9.17, 15) is 4.79 Å². The van der Waals surface area contributed by atoms with E-state index in [0.29, 0.717) is 23.2 Å².